The maximum atomic E-state index is 8.92. The summed E-state index contributed by atoms with van der Waals surface area (Å²) in [4.78, 5) is 8.00. The van der Waals surface area contributed by atoms with Crippen LogP contribution in [0.4, 0.5) is 11.5 Å². The predicted octanol–water partition coefficient (Wildman–Crippen LogP) is 1.55. The number of ether oxygens (including phenoxy) is 1. The molecule has 6 heteroatoms. The predicted molar refractivity (Wildman–Crippen MR) is 71.5 cm³/mol. The summed E-state index contributed by atoms with van der Waals surface area (Å²) in [6.45, 7) is 0.446. The maximum Gasteiger partial charge on any atom is 0.182 e. The Morgan fingerprint density at radius 1 is 1.37 bits per heavy atom. The van der Waals surface area contributed by atoms with E-state index in [2.05, 4.69) is 15.3 Å². The molecule has 0 aliphatic heterocycles. The molecule has 19 heavy (non-hydrogen) atoms. The van der Waals surface area contributed by atoms with E-state index in [0.29, 0.717) is 18.1 Å². The minimum absolute atomic E-state index is 0.255. The highest BCUT2D eigenvalue weighted by molar-refractivity contribution is 5.51. The number of nitrogens with two attached hydrogens (primary N) is 1. The third-order valence-corrected chi connectivity index (χ3v) is 2.55. The number of nitrogens with one attached hydrogen (secondary N) is 1. The molecule has 0 saturated carbocycles. The highest BCUT2D eigenvalue weighted by atomic mass is 16.5. The maximum absolute atomic E-state index is 8.92. The Morgan fingerprint density at radius 3 is 2.89 bits per heavy atom. The van der Waals surface area contributed by atoms with Gasteiger partial charge in [-0.2, -0.15) is 5.26 Å². The van der Waals surface area contributed by atoms with Crippen LogP contribution in [0.3, 0.4) is 0 Å². The SMILES string of the molecule is COc1ccc(N)cc1CNc1nccnc1C#N. The van der Waals surface area contributed by atoms with E-state index in [4.69, 9.17) is 15.7 Å². The highest BCUT2D eigenvalue weighted by Crippen LogP contribution is 2.22. The lowest BCUT2D eigenvalue weighted by Crippen LogP contribution is -2.06. The molecule has 1 aromatic carbocycles. The van der Waals surface area contributed by atoms with Crippen molar-refractivity contribution in [2.24, 2.45) is 0 Å². The number of methoxy groups -OCH3 is 1. The van der Waals surface area contributed by atoms with Crippen molar-refractivity contribution < 1.29 is 4.74 Å². The van der Waals surface area contributed by atoms with Crippen molar-refractivity contribution in [1.29, 1.82) is 5.26 Å². The van der Waals surface area contributed by atoms with Gasteiger partial charge in [0.1, 0.15) is 11.8 Å². The van der Waals surface area contributed by atoms with Crippen LogP contribution in [0.2, 0.25) is 0 Å². The molecule has 1 heterocycles. The first-order valence-electron chi connectivity index (χ1n) is 5.62. The first kappa shape index (κ1) is 12.6. The molecule has 0 radical (unpaired) electrons. The van der Waals surface area contributed by atoms with E-state index in [-0.39, 0.29) is 5.69 Å². The lowest BCUT2D eigenvalue weighted by atomic mass is 10.1. The summed E-state index contributed by atoms with van der Waals surface area (Å²) in [5, 5.41) is 12.0. The van der Waals surface area contributed by atoms with Crippen molar-refractivity contribution in [3.8, 4) is 11.8 Å². The summed E-state index contributed by atoms with van der Waals surface area (Å²) >= 11 is 0. The third kappa shape index (κ3) is 2.90. The smallest absolute Gasteiger partial charge is 0.182 e. The van der Waals surface area contributed by atoms with Gasteiger partial charge in [0.15, 0.2) is 11.5 Å². The number of nitrogens with zero attached hydrogens (tertiary/aromatic N) is 3. The van der Waals surface area contributed by atoms with Gasteiger partial charge in [-0.15, -0.1) is 0 Å². The second-order valence-corrected chi connectivity index (χ2v) is 3.79. The van der Waals surface area contributed by atoms with Crippen molar-refractivity contribution in [2.75, 3.05) is 18.2 Å². The lowest BCUT2D eigenvalue weighted by molar-refractivity contribution is 0.410. The van der Waals surface area contributed by atoms with Gasteiger partial charge in [0.05, 0.1) is 7.11 Å². The molecule has 2 aromatic rings. The lowest BCUT2D eigenvalue weighted by Gasteiger charge is -2.11. The van der Waals surface area contributed by atoms with Crippen molar-refractivity contribution in [3.05, 3.63) is 41.9 Å². The summed E-state index contributed by atoms with van der Waals surface area (Å²) < 4.78 is 5.25. The van der Waals surface area contributed by atoms with E-state index >= 15 is 0 Å². The number of nitriles is 1. The summed E-state index contributed by atoms with van der Waals surface area (Å²) in [7, 11) is 1.60. The molecular weight excluding hydrogens is 242 g/mol. The van der Waals surface area contributed by atoms with Crippen LogP contribution in [0, 0.1) is 11.3 Å². The number of hydrogen-bond donors (Lipinski definition) is 2. The molecule has 0 spiro atoms. The Balaban J connectivity index is 2.19. The molecule has 3 N–H and O–H groups in total. The van der Waals surface area contributed by atoms with Crippen LogP contribution in [0.1, 0.15) is 11.3 Å². The third-order valence-electron chi connectivity index (χ3n) is 2.55. The molecule has 0 atom stereocenters. The van der Waals surface area contributed by atoms with Crippen LogP contribution in [-0.4, -0.2) is 17.1 Å². The molecule has 0 bridgehead atoms. The van der Waals surface area contributed by atoms with Crippen molar-refractivity contribution in [2.45, 2.75) is 6.54 Å². The molecule has 0 aliphatic rings. The van der Waals surface area contributed by atoms with Crippen molar-refractivity contribution in [3.63, 3.8) is 0 Å². The standard InChI is InChI=1S/C13H13N5O/c1-19-12-3-2-10(15)6-9(12)8-18-13-11(7-14)16-4-5-17-13/h2-6H,8,15H2,1H3,(H,17,18). The zero-order chi connectivity index (χ0) is 13.7. The number of aromatic nitrogens is 2. The summed E-state index contributed by atoms with van der Waals surface area (Å²) in [6.07, 6.45) is 3.00. The van der Waals surface area contributed by atoms with Gasteiger partial charge < -0.3 is 15.8 Å². The zero-order valence-electron chi connectivity index (χ0n) is 10.4. The molecule has 0 aliphatic carbocycles. The Bertz CT molecular complexity index is 621. The topological polar surface area (TPSA) is 96.8 Å². The molecule has 1 aromatic heterocycles. The van der Waals surface area contributed by atoms with Crippen molar-refractivity contribution in [1.82, 2.24) is 9.97 Å². The van der Waals surface area contributed by atoms with E-state index < -0.39 is 0 Å². The van der Waals surface area contributed by atoms with Crippen LogP contribution in [-0.2, 0) is 6.54 Å². The fourth-order valence-electron chi connectivity index (χ4n) is 1.66. The number of hydrogen-bond acceptors (Lipinski definition) is 6. The Morgan fingerprint density at radius 2 is 2.16 bits per heavy atom. The summed E-state index contributed by atoms with van der Waals surface area (Å²) in [5.74, 6) is 1.17. The average molecular weight is 255 g/mol. The molecular formula is C13H13N5O. The first-order valence-corrected chi connectivity index (χ1v) is 5.62. The Kier molecular flexibility index (Phi) is 3.78. The van der Waals surface area contributed by atoms with E-state index in [0.717, 1.165) is 11.3 Å². The Hall–Kier alpha value is -2.81. The van der Waals surface area contributed by atoms with Gasteiger partial charge in [0.2, 0.25) is 0 Å². The van der Waals surface area contributed by atoms with E-state index in [1.165, 1.54) is 12.4 Å². The van der Waals surface area contributed by atoms with Gasteiger partial charge >= 0.3 is 0 Å². The fourth-order valence-corrected chi connectivity index (χ4v) is 1.66. The van der Waals surface area contributed by atoms with Crippen LogP contribution in [0.5, 0.6) is 5.75 Å². The van der Waals surface area contributed by atoms with Gasteiger partial charge in [-0.3, -0.25) is 0 Å². The number of nitrogen functional groups attached to an aromatic ring is 1. The zero-order valence-corrected chi connectivity index (χ0v) is 10.4. The summed E-state index contributed by atoms with van der Waals surface area (Å²) in [5.41, 5.74) is 7.53. The monoisotopic (exact) mass is 255 g/mol. The van der Waals surface area contributed by atoms with Gasteiger partial charge in [-0.05, 0) is 18.2 Å². The molecule has 6 nitrogen and oxygen atoms in total. The molecule has 0 unspecified atom stereocenters. The Labute approximate surface area is 110 Å². The molecule has 0 saturated heterocycles. The van der Waals surface area contributed by atoms with Crippen LogP contribution >= 0.6 is 0 Å². The number of rotatable bonds is 4. The first-order chi connectivity index (χ1) is 9.24. The molecule has 96 valence electrons. The van der Waals surface area contributed by atoms with Gasteiger partial charge in [0.25, 0.3) is 0 Å². The molecule has 0 amide bonds. The van der Waals surface area contributed by atoms with E-state index in [1.54, 1.807) is 19.2 Å². The minimum atomic E-state index is 0.255. The number of benzene rings is 1. The summed E-state index contributed by atoms with van der Waals surface area (Å²) in [6, 6.07) is 7.36. The second-order valence-electron chi connectivity index (χ2n) is 3.79. The van der Waals surface area contributed by atoms with Gasteiger partial charge in [-0.25, -0.2) is 9.97 Å². The normalized spacial score (nSPS) is 9.68. The van der Waals surface area contributed by atoms with E-state index in [9.17, 15) is 0 Å². The van der Waals surface area contributed by atoms with Crippen LogP contribution in [0.15, 0.2) is 30.6 Å². The van der Waals surface area contributed by atoms with Crippen LogP contribution in [0.25, 0.3) is 0 Å². The van der Waals surface area contributed by atoms with Crippen molar-refractivity contribution >= 4 is 11.5 Å². The highest BCUT2D eigenvalue weighted by Gasteiger charge is 2.07. The average Bonchev–Trinajstić information content (AvgIpc) is 2.45. The van der Waals surface area contributed by atoms with Crippen LogP contribution < -0.4 is 15.8 Å². The second kappa shape index (κ2) is 5.69. The number of anilines is 2. The largest absolute Gasteiger partial charge is 0.496 e. The van der Waals surface area contributed by atoms with Gasteiger partial charge in [0, 0.05) is 30.2 Å². The quantitative estimate of drug-likeness (QED) is 0.804. The molecule has 0 fully saturated rings. The minimum Gasteiger partial charge on any atom is -0.496 e. The molecule has 2 rings (SSSR count). The van der Waals surface area contributed by atoms with E-state index in [1.807, 2.05) is 12.1 Å². The van der Waals surface area contributed by atoms with Gasteiger partial charge in [-0.1, -0.05) is 0 Å². The fraction of sp³-hybridized carbons (Fsp3) is 0.154.